The van der Waals surface area contributed by atoms with Crippen molar-refractivity contribution in [1.82, 2.24) is 5.32 Å². The SMILES string of the molecule is CC(NC1CCCc2ccccc21)c1cc(Cl)ccc1Cl. The monoisotopic (exact) mass is 319 g/mol. The van der Waals surface area contributed by atoms with Crippen molar-refractivity contribution in [2.24, 2.45) is 0 Å². The lowest BCUT2D eigenvalue weighted by Crippen LogP contribution is -2.27. The smallest absolute Gasteiger partial charge is 0.0454 e. The zero-order valence-electron chi connectivity index (χ0n) is 12.1. The van der Waals surface area contributed by atoms with Crippen LogP contribution in [0.2, 0.25) is 10.0 Å². The highest BCUT2D eigenvalue weighted by atomic mass is 35.5. The van der Waals surface area contributed by atoms with Crippen LogP contribution in [0.1, 0.15) is 48.5 Å². The molecule has 0 heterocycles. The van der Waals surface area contributed by atoms with E-state index in [2.05, 4.69) is 36.5 Å². The van der Waals surface area contributed by atoms with E-state index in [0.29, 0.717) is 6.04 Å². The van der Waals surface area contributed by atoms with Crippen LogP contribution in [-0.2, 0) is 6.42 Å². The van der Waals surface area contributed by atoms with Crippen molar-refractivity contribution >= 4 is 23.2 Å². The molecule has 1 N–H and O–H groups in total. The molecule has 0 amide bonds. The molecule has 3 heteroatoms. The summed E-state index contributed by atoms with van der Waals surface area (Å²) in [7, 11) is 0. The van der Waals surface area contributed by atoms with Gasteiger partial charge < -0.3 is 5.32 Å². The molecule has 0 saturated carbocycles. The summed E-state index contributed by atoms with van der Waals surface area (Å²) in [6.45, 7) is 2.15. The van der Waals surface area contributed by atoms with E-state index in [1.54, 1.807) is 0 Å². The van der Waals surface area contributed by atoms with Gasteiger partial charge in [-0.15, -0.1) is 0 Å². The van der Waals surface area contributed by atoms with E-state index in [-0.39, 0.29) is 6.04 Å². The first-order valence-electron chi connectivity index (χ1n) is 7.44. The van der Waals surface area contributed by atoms with E-state index in [4.69, 9.17) is 23.2 Å². The third-order valence-electron chi connectivity index (χ3n) is 4.25. The number of aryl methyl sites for hydroxylation is 1. The Labute approximate surface area is 136 Å². The van der Waals surface area contributed by atoms with Crippen LogP contribution in [0.5, 0.6) is 0 Å². The molecule has 2 aromatic carbocycles. The van der Waals surface area contributed by atoms with Gasteiger partial charge in [0, 0.05) is 22.1 Å². The fourth-order valence-electron chi connectivity index (χ4n) is 3.17. The molecule has 0 radical (unpaired) electrons. The van der Waals surface area contributed by atoms with Gasteiger partial charge in [0.2, 0.25) is 0 Å². The first-order valence-corrected chi connectivity index (χ1v) is 8.19. The summed E-state index contributed by atoms with van der Waals surface area (Å²) in [6.07, 6.45) is 3.57. The van der Waals surface area contributed by atoms with E-state index in [9.17, 15) is 0 Å². The lowest BCUT2D eigenvalue weighted by molar-refractivity contribution is 0.415. The molecule has 1 nitrogen and oxygen atoms in total. The highest BCUT2D eigenvalue weighted by molar-refractivity contribution is 6.33. The average molecular weight is 320 g/mol. The molecule has 0 fully saturated rings. The van der Waals surface area contributed by atoms with E-state index >= 15 is 0 Å². The normalized spacial score (nSPS) is 19.1. The van der Waals surface area contributed by atoms with Crippen molar-refractivity contribution < 1.29 is 0 Å². The van der Waals surface area contributed by atoms with Crippen molar-refractivity contribution in [3.8, 4) is 0 Å². The van der Waals surface area contributed by atoms with Gasteiger partial charge in [-0.2, -0.15) is 0 Å². The molecule has 0 saturated heterocycles. The molecule has 2 aromatic rings. The standard InChI is InChI=1S/C18H19Cl2N/c1-12(16-11-14(19)9-10-17(16)20)21-18-8-4-6-13-5-2-3-7-15(13)18/h2-3,5,7,9-12,18,21H,4,6,8H2,1H3. The van der Waals surface area contributed by atoms with E-state index in [1.807, 2.05) is 18.2 Å². The van der Waals surface area contributed by atoms with Crippen molar-refractivity contribution in [3.63, 3.8) is 0 Å². The van der Waals surface area contributed by atoms with Crippen LogP contribution in [0.25, 0.3) is 0 Å². The van der Waals surface area contributed by atoms with Gasteiger partial charge >= 0.3 is 0 Å². The van der Waals surface area contributed by atoms with Crippen LogP contribution < -0.4 is 5.32 Å². The van der Waals surface area contributed by atoms with E-state index < -0.39 is 0 Å². The van der Waals surface area contributed by atoms with Crippen molar-refractivity contribution in [2.75, 3.05) is 0 Å². The molecule has 0 spiro atoms. The van der Waals surface area contributed by atoms with E-state index in [0.717, 1.165) is 15.6 Å². The Balaban J connectivity index is 1.82. The summed E-state index contributed by atoms with van der Waals surface area (Å²) in [4.78, 5) is 0. The van der Waals surface area contributed by atoms with Crippen LogP contribution in [0.15, 0.2) is 42.5 Å². The maximum absolute atomic E-state index is 6.31. The Morgan fingerprint density at radius 3 is 2.81 bits per heavy atom. The number of rotatable bonds is 3. The Morgan fingerprint density at radius 2 is 1.95 bits per heavy atom. The van der Waals surface area contributed by atoms with Crippen molar-refractivity contribution in [3.05, 3.63) is 69.2 Å². The number of nitrogens with one attached hydrogen (secondary N) is 1. The molecule has 2 atom stereocenters. The van der Waals surface area contributed by atoms with Gasteiger partial charge in [0.25, 0.3) is 0 Å². The number of halogens is 2. The molecule has 110 valence electrons. The fraction of sp³-hybridized carbons (Fsp3) is 0.333. The minimum absolute atomic E-state index is 0.173. The van der Waals surface area contributed by atoms with Gasteiger partial charge in [0.05, 0.1) is 0 Å². The zero-order chi connectivity index (χ0) is 14.8. The Bertz CT molecular complexity index is 639. The predicted octanol–water partition coefficient (Wildman–Crippen LogP) is 5.72. The molecule has 1 aliphatic carbocycles. The minimum atomic E-state index is 0.173. The molecule has 0 aromatic heterocycles. The molecular weight excluding hydrogens is 301 g/mol. The molecule has 2 unspecified atom stereocenters. The highest BCUT2D eigenvalue weighted by Crippen LogP contribution is 2.33. The van der Waals surface area contributed by atoms with Gasteiger partial charge in [-0.1, -0.05) is 47.5 Å². The topological polar surface area (TPSA) is 12.0 Å². The van der Waals surface area contributed by atoms with Crippen LogP contribution in [0.3, 0.4) is 0 Å². The van der Waals surface area contributed by atoms with Crippen molar-refractivity contribution in [2.45, 2.75) is 38.3 Å². The molecule has 3 rings (SSSR count). The minimum Gasteiger partial charge on any atom is -0.303 e. The second-order valence-electron chi connectivity index (χ2n) is 5.70. The Kier molecular flexibility index (Phi) is 4.54. The average Bonchev–Trinajstić information content (AvgIpc) is 2.50. The molecule has 21 heavy (non-hydrogen) atoms. The van der Waals surface area contributed by atoms with Gasteiger partial charge in [0.1, 0.15) is 0 Å². The van der Waals surface area contributed by atoms with Gasteiger partial charge in [-0.25, -0.2) is 0 Å². The lowest BCUT2D eigenvalue weighted by Gasteiger charge is -2.29. The quantitative estimate of drug-likeness (QED) is 0.762. The first-order chi connectivity index (χ1) is 10.1. The first kappa shape index (κ1) is 14.9. The summed E-state index contributed by atoms with van der Waals surface area (Å²) in [5.74, 6) is 0. The number of fused-ring (bicyclic) bond motifs is 1. The Hall–Kier alpha value is -1.02. The third-order valence-corrected chi connectivity index (χ3v) is 4.82. The lowest BCUT2D eigenvalue weighted by atomic mass is 9.87. The van der Waals surface area contributed by atoms with Crippen LogP contribution in [-0.4, -0.2) is 0 Å². The summed E-state index contributed by atoms with van der Waals surface area (Å²) < 4.78 is 0. The number of hydrogen-bond donors (Lipinski definition) is 1. The van der Waals surface area contributed by atoms with Gasteiger partial charge in [0.15, 0.2) is 0 Å². The maximum Gasteiger partial charge on any atom is 0.0454 e. The molecule has 1 aliphatic rings. The summed E-state index contributed by atoms with van der Waals surface area (Å²) in [6, 6.07) is 14.9. The molecule has 0 bridgehead atoms. The second-order valence-corrected chi connectivity index (χ2v) is 6.54. The summed E-state index contributed by atoms with van der Waals surface area (Å²) in [5.41, 5.74) is 3.95. The number of hydrogen-bond acceptors (Lipinski definition) is 1. The van der Waals surface area contributed by atoms with Crippen LogP contribution >= 0.6 is 23.2 Å². The largest absolute Gasteiger partial charge is 0.303 e. The molecule has 0 aliphatic heterocycles. The maximum atomic E-state index is 6.31. The molecular formula is C18H19Cl2N. The second kappa shape index (κ2) is 6.39. The zero-order valence-corrected chi connectivity index (χ0v) is 13.6. The third kappa shape index (κ3) is 3.26. The van der Waals surface area contributed by atoms with Gasteiger partial charge in [-0.05, 0) is 61.1 Å². The Morgan fingerprint density at radius 1 is 1.14 bits per heavy atom. The predicted molar refractivity (Wildman–Crippen MR) is 90.1 cm³/mol. The highest BCUT2D eigenvalue weighted by Gasteiger charge is 2.22. The van der Waals surface area contributed by atoms with Gasteiger partial charge in [-0.3, -0.25) is 0 Å². The summed E-state index contributed by atoms with van der Waals surface area (Å²) in [5, 5.41) is 5.21. The number of benzene rings is 2. The fourth-order valence-corrected chi connectivity index (χ4v) is 3.63. The summed E-state index contributed by atoms with van der Waals surface area (Å²) >= 11 is 12.4. The van der Waals surface area contributed by atoms with E-state index in [1.165, 1.54) is 30.4 Å². The van der Waals surface area contributed by atoms with Crippen LogP contribution in [0, 0.1) is 0 Å². The van der Waals surface area contributed by atoms with Crippen LogP contribution in [0.4, 0.5) is 0 Å². The van der Waals surface area contributed by atoms with Crippen molar-refractivity contribution in [1.29, 1.82) is 0 Å².